The number of amides is 2. The van der Waals surface area contributed by atoms with Crippen LogP contribution < -0.4 is 16.6 Å². The molecule has 0 bridgehead atoms. The number of anilines is 1. The Hall–Kier alpha value is -4.54. The molecule has 0 unspecified atom stereocenters. The normalized spacial score (nSPS) is 10.4. The van der Waals surface area contributed by atoms with E-state index in [9.17, 15) is 24.0 Å². The van der Waals surface area contributed by atoms with E-state index in [2.05, 4.69) is 15.2 Å². The van der Waals surface area contributed by atoms with Crippen molar-refractivity contribution >= 4 is 40.2 Å². The number of nitrogens with two attached hydrogens (primary N) is 1. The maximum Gasteiger partial charge on any atom is 0.337 e. The molecule has 1 heterocycles. The van der Waals surface area contributed by atoms with E-state index in [1.807, 2.05) is 0 Å². The van der Waals surface area contributed by atoms with Crippen LogP contribution in [0.3, 0.4) is 0 Å². The van der Waals surface area contributed by atoms with Crippen molar-refractivity contribution in [1.82, 2.24) is 9.78 Å². The molecular formula is C21H18N4O7. The van der Waals surface area contributed by atoms with E-state index in [0.717, 1.165) is 4.68 Å². The SMILES string of the molecule is COC(=O)c1ccc(NC(=O)COC(=O)Cn2nc(C(N)=O)c3ccccc3c2=O)cc1. The average Bonchev–Trinajstić information content (AvgIpc) is 2.79. The first-order valence-corrected chi connectivity index (χ1v) is 9.23. The Morgan fingerprint density at radius 2 is 1.69 bits per heavy atom. The highest BCUT2D eigenvalue weighted by Crippen LogP contribution is 2.13. The fourth-order valence-corrected chi connectivity index (χ4v) is 2.84. The molecule has 0 radical (unpaired) electrons. The molecule has 3 N–H and O–H groups in total. The van der Waals surface area contributed by atoms with Gasteiger partial charge in [0.25, 0.3) is 17.4 Å². The summed E-state index contributed by atoms with van der Waals surface area (Å²) >= 11 is 0. The maximum absolute atomic E-state index is 12.5. The highest BCUT2D eigenvalue weighted by atomic mass is 16.5. The lowest BCUT2D eigenvalue weighted by molar-refractivity contribution is -0.148. The van der Waals surface area contributed by atoms with E-state index in [0.29, 0.717) is 11.3 Å². The zero-order valence-corrected chi connectivity index (χ0v) is 16.9. The maximum atomic E-state index is 12.5. The zero-order chi connectivity index (χ0) is 23.3. The van der Waals surface area contributed by atoms with Crippen molar-refractivity contribution in [1.29, 1.82) is 0 Å². The molecule has 0 fully saturated rings. The van der Waals surface area contributed by atoms with Crippen LogP contribution in [0, 0.1) is 0 Å². The third-order valence-electron chi connectivity index (χ3n) is 4.33. The third-order valence-corrected chi connectivity index (χ3v) is 4.33. The Morgan fingerprint density at radius 1 is 1.03 bits per heavy atom. The molecule has 0 saturated carbocycles. The van der Waals surface area contributed by atoms with Crippen LogP contribution in [0.15, 0.2) is 53.3 Å². The van der Waals surface area contributed by atoms with Crippen LogP contribution in [0.1, 0.15) is 20.8 Å². The minimum atomic E-state index is -0.915. The van der Waals surface area contributed by atoms with Gasteiger partial charge in [-0.3, -0.25) is 19.2 Å². The van der Waals surface area contributed by atoms with Gasteiger partial charge in [0.05, 0.1) is 18.1 Å². The summed E-state index contributed by atoms with van der Waals surface area (Å²) in [5.41, 5.74) is 5.22. The quantitative estimate of drug-likeness (QED) is 0.503. The molecule has 0 saturated heterocycles. The predicted octanol–water partition coefficient (Wildman–Crippen LogP) is 0.464. The van der Waals surface area contributed by atoms with E-state index in [1.54, 1.807) is 12.1 Å². The standard InChI is InChI=1S/C21H18N4O7/c1-31-21(30)12-6-8-13(9-7-12)23-16(26)11-32-17(27)10-25-20(29)15-5-3-2-4-14(15)18(24-25)19(22)28/h2-9H,10-11H2,1H3,(H2,22,28)(H,23,26). The van der Waals surface area contributed by atoms with Crippen LogP contribution in [-0.4, -0.2) is 47.3 Å². The van der Waals surface area contributed by atoms with Crippen LogP contribution in [-0.2, 0) is 25.6 Å². The second-order valence-corrected chi connectivity index (χ2v) is 6.50. The number of nitrogens with one attached hydrogen (secondary N) is 1. The van der Waals surface area contributed by atoms with Crippen LogP contribution in [0.25, 0.3) is 10.8 Å². The molecular weight excluding hydrogens is 420 g/mol. The molecule has 0 spiro atoms. The van der Waals surface area contributed by atoms with Gasteiger partial charge in [-0.2, -0.15) is 5.10 Å². The Morgan fingerprint density at radius 3 is 2.31 bits per heavy atom. The summed E-state index contributed by atoms with van der Waals surface area (Å²) in [7, 11) is 1.25. The molecule has 3 aromatic rings. The number of ether oxygens (including phenoxy) is 2. The molecule has 0 aliphatic rings. The molecule has 32 heavy (non-hydrogen) atoms. The fraction of sp³-hybridized carbons (Fsp3) is 0.143. The van der Waals surface area contributed by atoms with Gasteiger partial charge < -0.3 is 20.5 Å². The molecule has 0 atom stereocenters. The third kappa shape index (κ3) is 4.95. The smallest absolute Gasteiger partial charge is 0.337 e. The lowest BCUT2D eigenvalue weighted by Gasteiger charge is -2.10. The Labute approximate surface area is 180 Å². The van der Waals surface area contributed by atoms with E-state index in [-0.39, 0.29) is 16.5 Å². The molecule has 2 amide bonds. The topological polar surface area (TPSA) is 160 Å². The predicted molar refractivity (Wildman–Crippen MR) is 112 cm³/mol. The summed E-state index contributed by atoms with van der Waals surface area (Å²) < 4.78 is 10.2. The van der Waals surface area contributed by atoms with Gasteiger partial charge in [-0.05, 0) is 30.3 Å². The molecule has 11 heteroatoms. The minimum Gasteiger partial charge on any atom is -0.465 e. The molecule has 0 aliphatic carbocycles. The number of hydrogen-bond donors (Lipinski definition) is 2. The summed E-state index contributed by atoms with van der Waals surface area (Å²) in [6.07, 6.45) is 0. The van der Waals surface area contributed by atoms with E-state index in [4.69, 9.17) is 10.5 Å². The fourth-order valence-electron chi connectivity index (χ4n) is 2.84. The van der Waals surface area contributed by atoms with Crippen molar-refractivity contribution in [3.05, 3.63) is 70.1 Å². The van der Waals surface area contributed by atoms with Crippen molar-refractivity contribution < 1.29 is 28.7 Å². The molecule has 0 aliphatic heterocycles. The summed E-state index contributed by atoms with van der Waals surface area (Å²) in [5, 5.41) is 6.78. The molecule has 3 rings (SSSR count). The molecule has 1 aromatic heterocycles. The summed E-state index contributed by atoms with van der Waals surface area (Å²) in [6.45, 7) is -1.24. The van der Waals surface area contributed by atoms with Gasteiger partial charge in [-0.15, -0.1) is 0 Å². The first kappa shape index (κ1) is 22.2. The zero-order valence-electron chi connectivity index (χ0n) is 16.9. The van der Waals surface area contributed by atoms with Crippen molar-refractivity contribution in [2.45, 2.75) is 6.54 Å². The summed E-state index contributed by atoms with van der Waals surface area (Å²) in [5.74, 6) is -2.93. The summed E-state index contributed by atoms with van der Waals surface area (Å²) in [6, 6.07) is 12.1. The number of aromatic nitrogens is 2. The monoisotopic (exact) mass is 438 g/mol. The highest BCUT2D eigenvalue weighted by molar-refractivity contribution is 6.04. The second kappa shape index (κ2) is 9.51. The Balaban J connectivity index is 1.63. The lowest BCUT2D eigenvalue weighted by Crippen LogP contribution is -2.32. The lowest BCUT2D eigenvalue weighted by atomic mass is 10.1. The van der Waals surface area contributed by atoms with Crippen molar-refractivity contribution in [3.63, 3.8) is 0 Å². The van der Waals surface area contributed by atoms with Gasteiger partial charge >= 0.3 is 11.9 Å². The van der Waals surface area contributed by atoms with Gasteiger partial charge in [0.1, 0.15) is 6.54 Å². The average molecular weight is 438 g/mol. The first-order valence-electron chi connectivity index (χ1n) is 9.23. The second-order valence-electron chi connectivity index (χ2n) is 6.50. The molecule has 11 nitrogen and oxygen atoms in total. The number of esters is 2. The number of benzene rings is 2. The Kier molecular flexibility index (Phi) is 6.59. The van der Waals surface area contributed by atoms with Crippen LogP contribution in [0.5, 0.6) is 0 Å². The summed E-state index contributed by atoms with van der Waals surface area (Å²) in [4.78, 5) is 59.8. The number of hydrogen-bond acceptors (Lipinski definition) is 8. The minimum absolute atomic E-state index is 0.164. The van der Waals surface area contributed by atoms with Gasteiger partial charge in [0.15, 0.2) is 12.3 Å². The van der Waals surface area contributed by atoms with E-state index >= 15 is 0 Å². The Bertz CT molecular complexity index is 1270. The van der Waals surface area contributed by atoms with Crippen LogP contribution in [0.2, 0.25) is 0 Å². The number of nitrogens with zero attached hydrogens (tertiary/aromatic N) is 2. The van der Waals surface area contributed by atoms with Gasteiger partial charge in [-0.1, -0.05) is 18.2 Å². The van der Waals surface area contributed by atoms with Crippen molar-refractivity contribution in [2.24, 2.45) is 5.73 Å². The van der Waals surface area contributed by atoms with Gasteiger partial charge in [-0.25, -0.2) is 9.48 Å². The van der Waals surface area contributed by atoms with Gasteiger partial charge in [0, 0.05) is 11.1 Å². The number of methoxy groups -OCH3 is 1. The molecule has 164 valence electrons. The van der Waals surface area contributed by atoms with E-state index < -0.39 is 42.5 Å². The number of primary amides is 1. The van der Waals surface area contributed by atoms with Crippen molar-refractivity contribution in [3.8, 4) is 0 Å². The number of carbonyl (C=O) groups is 4. The highest BCUT2D eigenvalue weighted by Gasteiger charge is 2.17. The van der Waals surface area contributed by atoms with Crippen molar-refractivity contribution in [2.75, 3.05) is 19.0 Å². The van der Waals surface area contributed by atoms with Crippen LogP contribution in [0.4, 0.5) is 5.69 Å². The first-order chi connectivity index (χ1) is 15.3. The van der Waals surface area contributed by atoms with Gasteiger partial charge in [0.2, 0.25) is 0 Å². The number of fused-ring (bicyclic) bond motifs is 1. The number of rotatable bonds is 7. The van der Waals surface area contributed by atoms with E-state index in [1.165, 1.54) is 43.5 Å². The van der Waals surface area contributed by atoms with Crippen LogP contribution >= 0.6 is 0 Å². The molecule has 2 aromatic carbocycles. The largest absolute Gasteiger partial charge is 0.465 e. The number of carbonyl (C=O) groups excluding carboxylic acids is 4.